The predicted molar refractivity (Wildman–Crippen MR) is 90.6 cm³/mol. The lowest BCUT2D eigenvalue weighted by molar-refractivity contribution is -0.120. The molecule has 2 aromatic carbocycles. The molecule has 1 N–H and O–H groups in total. The number of aromatic nitrogens is 1. The number of nitrogens with zero attached hydrogens (tertiary/aromatic N) is 1. The number of carbonyl (C=O) groups is 1. The minimum atomic E-state index is -0.0327. The third kappa shape index (κ3) is 3.90. The molecular formula is C18H17ClN2O2. The average Bonchev–Trinajstić information content (AvgIpc) is 2.89. The van der Waals surface area contributed by atoms with Crippen molar-refractivity contribution >= 4 is 28.6 Å². The average molecular weight is 329 g/mol. The maximum atomic E-state index is 12.0. The Kier molecular flexibility index (Phi) is 4.63. The monoisotopic (exact) mass is 328 g/mol. The minimum Gasteiger partial charge on any atom is -0.441 e. The quantitative estimate of drug-likeness (QED) is 0.777. The highest BCUT2D eigenvalue weighted by Gasteiger charge is 2.07. The molecule has 0 fully saturated rings. The van der Waals surface area contributed by atoms with Crippen molar-refractivity contribution < 1.29 is 9.21 Å². The summed E-state index contributed by atoms with van der Waals surface area (Å²) in [6, 6.07) is 13.3. The molecule has 0 aliphatic rings. The molecule has 0 spiro atoms. The molecule has 3 rings (SSSR count). The Morgan fingerprint density at radius 2 is 2.09 bits per heavy atom. The van der Waals surface area contributed by atoms with Gasteiger partial charge in [-0.2, -0.15) is 0 Å². The van der Waals surface area contributed by atoms with Crippen molar-refractivity contribution in [3.63, 3.8) is 0 Å². The van der Waals surface area contributed by atoms with Crippen LogP contribution in [0.5, 0.6) is 0 Å². The molecule has 0 aliphatic carbocycles. The molecule has 1 aromatic heterocycles. The topological polar surface area (TPSA) is 55.1 Å². The van der Waals surface area contributed by atoms with E-state index in [9.17, 15) is 4.79 Å². The molecule has 5 heteroatoms. The lowest BCUT2D eigenvalue weighted by atomic mass is 10.1. The number of hydrogen-bond acceptors (Lipinski definition) is 3. The van der Waals surface area contributed by atoms with Crippen molar-refractivity contribution in [2.45, 2.75) is 19.8 Å². The molecular weight excluding hydrogens is 312 g/mol. The fraction of sp³-hybridized carbons (Fsp3) is 0.222. The molecule has 1 amide bonds. The molecule has 23 heavy (non-hydrogen) atoms. The van der Waals surface area contributed by atoms with Gasteiger partial charge in [-0.25, -0.2) is 4.98 Å². The smallest absolute Gasteiger partial charge is 0.224 e. The number of carbonyl (C=O) groups excluding carboxylic acids is 1. The largest absolute Gasteiger partial charge is 0.441 e. The minimum absolute atomic E-state index is 0.0327. The van der Waals surface area contributed by atoms with E-state index in [-0.39, 0.29) is 5.91 Å². The molecule has 4 nitrogen and oxygen atoms in total. The SMILES string of the molecule is Cc1nc2ccc(CCNC(=O)Cc3ccccc3Cl)cc2o1. The van der Waals surface area contributed by atoms with Crippen molar-refractivity contribution in [2.75, 3.05) is 6.54 Å². The first-order valence-corrected chi connectivity index (χ1v) is 7.86. The van der Waals surface area contributed by atoms with Crippen LogP contribution in [-0.4, -0.2) is 17.4 Å². The van der Waals surface area contributed by atoms with Crippen molar-refractivity contribution in [1.82, 2.24) is 10.3 Å². The summed E-state index contributed by atoms with van der Waals surface area (Å²) >= 11 is 6.06. The van der Waals surface area contributed by atoms with Crippen LogP contribution in [0, 0.1) is 6.92 Å². The molecule has 3 aromatic rings. The van der Waals surface area contributed by atoms with Crippen molar-refractivity contribution in [2.24, 2.45) is 0 Å². The number of hydrogen-bond donors (Lipinski definition) is 1. The van der Waals surface area contributed by atoms with Gasteiger partial charge in [-0.05, 0) is 35.7 Å². The van der Waals surface area contributed by atoms with Crippen LogP contribution in [0.4, 0.5) is 0 Å². The van der Waals surface area contributed by atoms with E-state index >= 15 is 0 Å². The van der Waals surface area contributed by atoms with Gasteiger partial charge in [0.25, 0.3) is 0 Å². The van der Waals surface area contributed by atoms with E-state index in [1.54, 1.807) is 6.07 Å². The number of nitrogens with one attached hydrogen (secondary N) is 1. The van der Waals surface area contributed by atoms with Crippen LogP contribution < -0.4 is 5.32 Å². The third-order valence-corrected chi connectivity index (χ3v) is 3.97. The van der Waals surface area contributed by atoms with Gasteiger partial charge >= 0.3 is 0 Å². The lowest BCUT2D eigenvalue weighted by Crippen LogP contribution is -2.27. The van der Waals surface area contributed by atoms with Gasteiger partial charge in [0.1, 0.15) is 5.52 Å². The Hall–Kier alpha value is -2.33. The fourth-order valence-electron chi connectivity index (χ4n) is 2.46. The van der Waals surface area contributed by atoms with Crippen molar-refractivity contribution in [3.05, 3.63) is 64.5 Å². The van der Waals surface area contributed by atoms with E-state index in [0.717, 1.165) is 28.6 Å². The fourth-order valence-corrected chi connectivity index (χ4v) is 2.67. The Balaban J connectivity index is 1.53. The van der Waals surface area contributed by atoms with Gasteiger partial charge in [0.05, 0.1) is 6.42 Å². The molecule has 0 unspecified atom stereocenters. The summed E-state index contributed by atoms with van der Waals surface area (Å²) in [4.78, 5) is 16.2. The summed E-state index contributed by atoms with van der Waals surface area (Å²) in [6.07, 6.45) is 1.03. The van der Waals surface area contributed by atoms with Crippen LogP contribution in [0.15, 0.2) is 46.9 Å². The normalized spacial score (nSPS) is 10.9. The Labute approximate surface area is 139 Å². The van der Waals surface area contributed by atoms with E-state index in [1.165, 1.54) is 0 Å². The number of aryl methyl sites for hydroxylation is 1. The first-order chi connectivity index (χ1) is 11.1. The Morgan fingerprint density at radius 3 is 2.91 bits per heavy atom. The maximum Gasteiger partial charge on any atom is 0.224 e. The summed E-state index contributed by atoms with van der Waals surface area (Å²) in [5, 5.41) is 3.54. The molecule has 0 radical (unpaired) electrons. The predicted octanol–water partition coefficient (Wildman–Crippen LogP) is 3.69. The van der Waals surface area contributed by atoms with Crippen LogP contribution >= 0.6 is 11.6 Å². The highest BCUT2D eigenvalue weighted by atomic mass is 35.5. The van der Waals surface area contributed by atoms with Crippen LogP contribution in [0.25, 0.3) is 11.1 Å². The molecule has 0 aliphatic heterocycles. The number of fused-ring (bicyclic) bond motifs is 1. The Bertz CT molecular complexity index is 842. The first-order valence-electron chi connectivity index (χ1n) is 7.48. The zero-order chi connectivity index (χ0) is 16.2. The third-order valence-electron chi connectivity index (χ3n) is 3.60. The van der Waals surface area contributed by atoms with E-state index < -0.39 is 0 Å². The van der Waals surface area contributed by atoms with Gasteiger partial charge in [0, 0.05) is 18.5 Å². The molecule has 118 valence electrons. The first kappa shape index (κ1) is 15.6. The van der Waals surface area contributed by atoms with Crippen molar-refractivity contribution in [3.8, 4) is 0 Å². The van der Waals surface area contributed by atoms with E-state index in [2.05, 4.69) is 10.3 Å². The molecule has 0 saturated heterocycles. The molecule has 0 bridgehead atoms. The van der Waals surface area contributed by atoms with Gasteiger partial charge < -0.3 is 9.73 Å². The second kappa shape index (κ2) is 6.84. The van der Waals surface area contributed by atoms with Crippen LogP contribution in [0.3, 0.4) is 0 Å². The summed E-state index contributed by atoms with van der Waals surface area (Å²) in [5.74, 6) is 0.625. The summed E-state index contributed by atoms with van der Waals surface area (Å²) < 4.78 is 5.52. The number of amides is 1. The molecule has 0 atom stereocenters. The highest BCUT2D eigenvalue weighted by Crippen LogP contribution is 2.17. The number of rotatable bonds is 5. The second-order valence-corrected chi connectivity index (χ2v) is 5.81. The summed E-state index contributed by atoms with van der Waals surface area (Å²) in [5.41, 5.74) is 3.58. The van der Waals surface area contributed by atoms with Gasteiger partial charge in [-0.3, -0.25) is 4.79 Å². The Morgan fingerprint density at radius 1 is 1.26 bits per heavy atom. The second-order valence-electron chi connectivity index (χ2n) is 5.40. The van der Waals surface area contributed by atoms with Gasteiger partial charge in [0.15, 0.2) is 11.5 Å². The van der Waals surface area contributed by atoms with E-state index in [4.69, 9.17) is 16.0 Å². The summed E-state index contributed by atoms with van der Waals surface area (Å²) in [7, 11) is 0. The molecule has 0 saturated carbocycles. The number of oxazole rings is 1. The van der Waals surface area contributed by atoms with Gasteiger partial charge in [-0.15, -0.1) is 0 Å². The number of benzene rings is 2. The van der Waals surface area contributed by atoms with E-state index in [0.29, 0.717) is 23.9 Å². The summed E-state index contributed by atoms with van der Waals surface area (Å²) in [6.45, 7) is 2.40. The van der Waals surface area contributed by atoms with Crippen LogP contribution in [0.1, 0.15) is 17.0 Å². The van der Waals surface area contributed by atoms with Crippen molar-refractivity contribution in [1.29, 1.82) is 0 Å². The maximum absolute atomic E-state index is 12.0. The standard InChI is InChI=1S/C18H17ClN2O2/c1-12-21-16-7-6-13(10-17(16)23-12)8-9-20-18(22)11-14-4-2-3-5-15(14)19/h2-7,10H,8-9,11H2,1H3,(H,20,22). The van der Waals surface area contributed by atoms with Crippen LogP contribution in [-0.2, 0) is 17.6 Å². The van der Waals surface area contributed by atoms with Gasteiger partial charge in [0.2, 0.25) is 5.91 Å². The molecule has 1 heterocycles. The van der Waals surface area contributed by atoms with E-state index in [1.807, 2.05) is 43.3 Å². The van der Waals surface area contributed by atoms with Crippen LogP contribution in [0.2, 0.25) is 5.02 Å². The number of halogens is 1. The zero-order valence-corrected chi connectivity index (χ0v) is 13.6. The highest BCUT2D eigenvalue weighted by molar-refractivity contribution is 6.31. The lowest BCUT2D eigenvalue weighted by Gasteiger charge is -2.06. The zero-order valence-electron chi connectivity index (χ0n) is 12.8. The van der Waals surface area contributed by atoms with Gasteiger partial charge in [-0.1, -0.05) is 35.9 Å².